The molecular weight excluding hydrogens is 1280 g/mol. The molecule has 4 aliphatic carbocycles. The molecule has 12 aromatic rings. The van der Waals surface area contributed by atoms with Crippen LogP contribution in [0.3, 0.4) is 0 Å². The summed E-state index contributed by atoms with van der Waals surface area (Å²) in [7, 11) is 0. The van der Waals surface area contributed by atoms with Crippen molar-refractivity contribution >= 4 is 116 Å². The fourth-order valence-corrected chi connectivity index (χ4v) is 10.5. The summed E-state index contributed by atoms with van der Waals surface area (Å²) in [5.74, 6) is -4.26. The first kappa shape index (κ1) is 65.6. The van der Waals surface area contributed by atoms with E-state index >= 15 is 0 Å². The number of carbonyl (C=O) groups excluding carboxylic acids is 4. The van der Waals surface area contributed by atoms with E-state index in [2.05, 4.69) is 62.1 Å². The average molecular weight is 1340 g/mol. The number of nitrogens with zero attached hydrogens (tertiary/aromatic N) is 4. The number of fused-ring (bicyclic) bond motifs is 4. The molecule has 4 aromatic heterocycles. The van der Waals surface area contributed by atoms with Gasteiger partial charge in [0.25, 0.3) is 23.6 Å². The summed E-state index contributed by atoms with van der Waals surface area (Å²) in [5.41, 5.74) is 7.08. The summed E-state index contributed by atoms with van der Waals surface area (Å²) in [6, 6.07) is 40.5. The summed E-state index contributed by atoms with van der Waals surface area (Å²) in [6.45, 7) is 0. The van der Waals surface area contributed by atoms with Crippen molar-refractivity contribution in [1.29, 1.82) is 0 Å². The van der Waals surface area contributed by atoms with Crippen molar-refractivity contribution in [3.63, 3.8) is 0 Å². The lowest BCUT2D eigenvalue weighted by molar-refractivity contribution is 0.0942. The third-order valence-corrected chi connectivity index (χ3v) is 16.4. The first-order valence-electron chi connectivity index (χ1n) is 32.0. The largest absolute Gasteiger partial charge is 0.349 e. The van der Waals surface area contributed by atoms with Gasteiger partial charge >= 0.3 is 0 Å². The quantitative estimate of drug-likeness (QED) is 0.0433. The summed E-state index contributed by atoms with van der Waals surface area (Å²) < 4.78 is 96.9. The van der Waals surface area contributed by atoms with E-state index in [4.69, 9.17) is 0 Å². The SMILES string of the molecule is O=C(NC1CC1)c1cc(F)c2n[nH]c(/C=C/c3ccc(F)cc3)c2c1.O=C(NC1CC1)c1cc(F)c2n[nH]c(/C=C/c3cccc(F)c3)c2c1.O=C(NC1CC1)c1cc(F)c2n[nH]c(/C=C/c3ccccc3)c2c1.O=C(NC1CC1)c1cc(F)c2n[nH]c(/C=C/c3ccccc3F)c2c1. The molecule has 0 spiro atoms. The predicted octanol–water partition coefficient (Wildman–Crippen LogP) is 15.5. The topological polar surface area (TPSA) is 231 Å². The van der Waals surface area contributed by atoms with Crippen molar-refractivity contribution in [2.45, 2.75) is 75.5 Å². The number of hydrogen-bond acceptors (Lipinski definition) is 8. The molecule has 23 heteroatoms. The summed E-state index contributed by atoms with van der Waals surface area (Å²) >= 11 is 0. The zero-order chi connectivity index (χ0) is 68.7. The number of hydrogen-bond donors (Lipinski definition) is 8. The Hall–Kier alpha value is -12.0. The van der Waals surface area contributed by atoms with Crippen LogP contribution in [0.5, 0.6) is 0 Å². The molecular formula is C76H61F7N12O4. The van der Waals surface area contributed by atoms with Gasteiger partial charge in [0.15, 0.2) is 23.3 Å². The Morgan fingerprint density at radius 2 is 0.636 bits per heavy atom. The van der Waals surface area contributed by atoms with Crippen LogP contribution >= 0.6 is 0 Å². The molecule has 0 aliphatic heterocycles. The molecule has 16 nitrogen and oxygen atoms in total. The average Bonchev–Trinajstić information content (AvgIpc) is 1.68. The second kappa shape index (κ2) is 29.1. The Balaban J connectivity index is 0.000000119. The summed E-state index contributed by atoms with van der Waals surface area (Å²) in [5, 5.41) is 40.5. The molecule has 4 aliphatic rings. The first-order chi connectivity index (χ1) is 48.0. The molecule has 8 N–H and O–H groups in total. The Labute approximate surface area is 560 Å². The molecule has 4 saturated carbocycles. The van der Waals surface area contributed by atoms with Gasteiger partial charge in [0.1, 0.15) is 39.5 Å². The highest BCUT2D eigenvalue weighted by Gasteiger charge is 2.28. The Kier molecular flexibility index (Phi) is 19.3. The van der Waals surface area contributed by atoms with E-state index in [0.717, 1.165) is 62.5 Å². The molecule has 16 rings (SSSR count). The summed E-state index contributed by atoms with van der Waals surface area (Å²) in [6.07, 6.45) is 21.6. The fourth-order valence-electron chi connectivity index (χ4n) is 10.5. The van der Waals surface area contributed by atoms with Crippen LogP contribution in [0.4, 0.5) is 30.7 Å². The zero-order valence-corrected chi connectivity index (χ0v) is 52.6. The first-order valence-corrected chi connectivity index (χ1v) is 32.0. The Bertz CT molecular complexity index is 5160. The molecule has 8 aromatic carbocycles. The number of halogens is 7. The maximum absolute atomic E-state index is 14.3. The highest BCUT2D eigenvalue weighted by molar-refractivity contribution is 6.04. The van der Waals surface area contributed by atoms with E-state index in [1.807, 2.05) is 42.5 Å². The Morgan fingerprint density at radius 1 is 0.313 bits per heavy atom. The minimum Gasteiger partial charge on any atom is -0.349 e. The van der Waals surface area contributed by atoms with E-state index < -0.39 is 23.3 Å². The number of H-pyrrole nitrogens is 4. The molecule has 0 saturated heterocycles. The van der Waals surface area contributed by atoms with Crippen LogP contribution in [0.2, 0.25) is 0 Å². The molecule has 4 amide bonds. The van der Waals surface area contributed by atoms with Crippen LogP contribution in [-0.4, -0.2) is 88.6 Å². The normalized spacial score (nSPS) is 14.3. The van der Waals surface area contributed by atoms with Gasteiger partial charge in [0.05, 0.1) is 22.8 Å². The fraction of sp³-hybridized carbons (Fsp3) is 0.158. The number of aromatic amines is 4. The molecule has 498 valence electrons. The lowest BCUT2D eigenvalue weighted by atomic mass is 10.1. The Morgan fingerprint density at radius 3 is 0.990 bits per heavy atom. The van der Waals surface area contributed by atoms with E-state index in [1.165, 1.54) is 54.6 Å². The lowest BCUT2D eigenvalue weighted by Crippen LogP contribution is -2.25. The number of nitrogens with one attached hydrogen (secondary N) is 8. The van der Waals surface area contributed by atoms with Crippen LogP contribution in [-0.2, 0) is 0 Å². The monoisotopic (exact) mass is 1340 g/mol. The highest BCUT2D eigenvalue weighted by Crippen LogP contribution is 2.30. The van der Waals surface area contributed by atoms with Gasteiger partial charge in [-0.05, 0) is 177 Å². The van der Waals surface area contributed by atoms with E-state index in [1.54, 1.807) is 103 Å². The van der Waals surface area contributed by atoms with Crippen LogP contribution in [0.25, 0.3) is 92.2 Å². The standard InChI is InChI=1S/3C19H15F2N3O.C19H16FN3O/c20-13-4-1-11(2-5-13)3-8-17-15-9-12(19(25)22-14-6-7-14)10-16(21)18(15)24-23-17;20-13-3-1-2-11(8-13)4-7-17-15-9-12(19(25)22-14-5-6-14)10-16(21)18(15)24-23-17;20-15-4-2-1-3-11(15)5-8-17-14-9-12(19(25)22-13-6-7-13)10-16(21)18(14)24-23-17;20-16-11-13(19(24)21-14-7-8-14)10-15-17(22-23-18(15)16)9-6-12-4-2-1-3-5-12/h1-5,8-10,14H,6-7H2,(H,22,25)(H,23,24);1-4,7-10,14H,5-6H2,(H,22,25)(H,23,24);1-5,8-10,13H,6-7H2,(H,22,25)(H,23,24);1-6,9-11,14H,7-8H2,(H,21,24)(H,22,23)/b8-3+;7-4+;8-5+;9-6+. The zero-order valence-electron chi connectivity index (χ0n) is 52.6. The summed E-state index contributed by atoms with van der Waals surface area (Å²) in [4.78, 5) is 48.7. The van der Waals surface area contributed by atoms with Crippen molar-refractivity contribution in [2.75, 3.05) is 0 Å². The second-order valence-electron chi connectivity index (χ2n) is 24.3. The lowest BCUT2D eigenvalue weighted by Gasteiger charge is -2.04. The van der Waals surface area contributed by atoms with Gasteiger partial charge in [-0.25, -0.2) is 30.7 Å². The van der Waals surface area contributed by atoms with Crippen molar-refractivity contribution in [3.8, 4) is 0 Å². The van der Waals surface area contributed by atoms with Gasteiger partial charge in [0, 0.05) is 73.5 Å². The van der Waals surface area contributed by atoms with Gasteiger partial charge in [-0.3, -0.25) is 39.6 Å². The van der Waals surface area contributed by atoms with Gasteiger partial charge < -0.3 is 21.3 Å². The van der Waals surface area contributed by atoms with Crippen LogP contribution in [0.15, 0.2) is 152 Å². The van der Waals surface area contributed by atoms with Crippen molar-refractivity contribution in [2.24, 2.45) is 0 Å². The predicted molar refractivity (Wildman–Crippen MR) is 368 cm³/mol. The number of aromatic nitrogens is 8. The molecule has 4 heterocycles. The number of carbonyl (C=O) groups is 4. The maximum atomic E-state index is 14.3. The van der Waals surface area contributed by atoms with Gasteiger partial charge in [-0.1, -0.05) is 91.0 Å². The van der Waals surface area contributed by atoms with E-state index in [0.29, 0.717) is 61.0 Å². The van der Waals surface area contributed by atoms with Crippen molar-refractivity contribution in [1.82, 2.24) is 62.1 Å². The third kappa shape index (κ3) is 16.6. The van der Waals surface area contributed by atoms with Gasteiger partial charge in [-0.2, -0.15) is 20.4 Å². The second-order valence-corrected chi connectivity index (χ2v) is 24.3. The minimum atomic E-state index is -0.569. The molecule has 0 radical (unpaired) electrons. The van der Waals surface area contributed by atoms with Gasteiger partial charge in [0.2, 0.25) is 0 Å². The van der Waals surface area contributed by atoms with Gasteiger partial charge in [-0.15, -0.1) is 0 Å². The third-order valence-electron chi connectivity index (χ3n) is 16.4. The molecule has 99 heavy (non-hydrogen) atoms. The molecule has 0 atom stereocenters. The van der Waals surface area contributed by atoms with Crippen molar-refractivity contribution in [3.05, 3.63) is 260 Å². The van der Waals surface area contributed by atoms with Crippen molar-refractivity contribution < 1.29 is 49.9 Å². The minimum absolute atomic E-state index is 0.149. The molecule has 0 unspecified atom stereocenters. The molecule has 0 bridgehead atoms. The van der Waals surface area contributed by atoms with Crippen LogP contribution < -0.4 is 21.3 Å². The van der Waals surface area contributed by atoms with E-state index in [9.17, 15) is 49.9 Å². The van der Waals surface area contributed by atoms with Crippen LogP contribution in [0, 0.1) is 40.7 Å². The van der Waals surface area contributed by atoms with Crippen LogP contribution in [0.1, 0.15) is 138 Å². The van der Waals surface area contributed by atoms with E-state index in [-0.39, 0.29) is 104 Å². The maximum Gasteiger partial charge on any atom is 0.251 e. The smallest absolute Gasteiger partial charge is 0.251 e. The molecule has 4 fully saturated rings. The number of amides is 4. The number of rotatable bonds is 16. The highest BCUT2D eigenvalue weighted by atomic mass is 19.2. The number of benzene rings is 8.